The summed E-state index contributed by atoms with van der Waals surface area (Å²) in [6.07, 6.45) is 2.76. The third-order valence-electron chi connectivity index (χ3n) is 3.70. The number of thiazole rings is 1. The summed E-state index contributed by atoms with van der Waals surface area (Å²) in [5.41, 5.74) is 0.0338. The van der Waals surface area contributed by atoms with Gasteiger partial charge < -0.3 is 9.84 Å². The van der Waals surface area contributed by atoms with Gasteiger partial charge in [0.05, 0.1) is 18.2 Å². The topological polar surface area (TPSA) is 62.7 Å². The fourth-order valence-electron chi connectivity index (χ4n) is 2.58. The zero-order chi connectivity index (χ0) is 15.6. The quantitative estimate of drug-likeness (QED) is 0.864. The summed E-state index contributed by atoms with van der Waals surface area (Å²) in [4.78, 5) is 19.5. The van der Waals surface area contributed by atoms with Crippen LogP contribution in [0, 0.1) is 0 Å². The summed E-state index contributed by atoms with van der Waals surface area (Å²) in [6, 6.07) is -0.566. The molecule has 0 aliphatic carbocycles. The van der Waals surface area contributed by atoms with E-state index in [-0.39, 0.29) is 11.4 Å². The van der Waals surface area contributed by atoms with Crippen molar-refractivity contribution >= 4 is 17.3 Å². The molecule has 0 spiro atoms. The van der Waals surface area contributed by atoms with Crippen LogP contribution in [0.15, 0.2) is 6.20 Å². The Morgan fingerprint density at radius 2 is 2.29 bits per heavy atom. The van der Waals surface area contributed by atoms with Gasteiger partial charge in [-0.1, -0.05) is 20.8 Å². The molecule has 0 unspecified atom stereocenters. The van der Waals surface area contributed by atoms with Crippen LogP contribution in [0.4, 0.5) is 0 Å². The molecule has 0 amide bonds. The standard InChI is InChI=1S/C15H24N2O3S/c1-15(2,3)14-16-8-10(21-14)9-17-7-5-6-11(18)12(17)13(19)20-4/h8,11-12,18H,5-7,9H2,1-4H3/t11-,12-/m0/s1. The summed E-state index contributed by atoms with van der Waals surface area (Å²) in [5.74, 6) is -0.359. The summed E-state index contributed by atoms with van der Waals surface area (Å²) in [7, 11) is 1.37. The molecule has 2 rings (SSSR count). The molecule has 1 N–H and O–H groups in total. The number of likely N-dealkylation sites (tertiary alicyclic amines) is 1. The fraction of sp³-hybridized carbons (Fsp3) is 0.733. The maximum absolute atomic E-state index is 11.9. The zero-order valence-electron chi connectivity index (χ0n) is 13.1. The fourth-order valence-corrected chi connectivity index (χ4v) is 3.57. The monoisotopic (exact) mass is 312 g/mol. The predicted molar refractivity (Wildman–Crippen MR) is 82.3 cm³/mol. The number of aliphatic hydroxyl groups excluding tert-OH is 1. The summed E-state index contributed by atoms with van der Waals surface area (Å²) in [6.45, 7) is 7.83. The maximum atomic E-state index is 11.9. The Kier molecular flexibility index (Phi) is 5.01. The second-order valence-corrected chi connectivity index (χ2v) is 7.64. The normalized spacial score (nSPS) is 24.0. The van der Waals surface area contributed by atoms with E-state index in [1.165, 1.54) is 7.11 Å². The molecule has 2 atom stereocenters. The van der Waals surface area contributed by atoms with E-state index in [4.69, 9.17) is 4.74 Å². The lowest BCUT2D eigenvalue weighted by Gasteiger charge is -2.36. The number of esters is 1. The summed E-state index contributed by atoms with van der Waals surface area (Å²) < 4.78 is 4.83. The van der Waals surface area contributed by atoms with E-state index in [1.807, 2.05) is 11.1 Å². The van der Waals surface area contributed by atoms with Gasteiger partial charge in [-0.05, 0) is 19.4 Å². The van der Waals surface area contributed by atoms with Gasteiger partial charge in [0.1, 0.15) is 6.04 Å². The van der Waals surface area contributed by atoms with Gasteiger partial charge >= 0.3 is 5.97 Å². The molecule has 1 aromatic rings. The molecule has 6 heteroatoms. The molecule has 1 saturated heterocycles. The number of carbonyl (C=O) groups excluding carboxylic acids is 1. The minimum Gasteiger partial charge on any atom is -0.468 e. The van der Waals surface area contributed by atoms with E-state index >= 15 is 0 Å². The molecule has 5 nitrogen and oxygen atoms in total. The molecule has 0 saturated carbocycles. The van der Waals surface area contributed by atoms with Crippen LogP contribution in [-0.4, -0.2) is 46.8 Å². The third-order valence-corrected chi connectivity index (χ3v) is 5.11. The van der Waals surface area contributed by atoms with Crippen LogP contribution in [0.25, 0.3) is 0 Å². The highest BCUT2D eigenvalue weighted by molar-refractivity contribution is 7.11. The largest absolute Gasteiger partial charge is 0.468 e. The van der Waals surface area contributed by atoms with Gasteiger partial charge in [0.25, 0.3) is 0 Å². The van der Waals surface area contributed by atoms with Crippen LogP contribution in [0.3, 0.4) is 0 Å². The Hall–Kier alpha value is -0.980. The molecular weight excluding hydrogens is 288 g/mol. The highest BCUT2D eigenvalue weighted by atomic mass is 32.1. The minimum atomic E-state index is -0.652. The molecule has 0 aromatic carbocycles. The van der Waals surface area contributed by atoms with Gasteiger partial charge in [-0.3, -0.25) is 9.69 Å². The average Bonchev–Trinajstić information content (AvgIpc) is 2.87. The van der Waals surface area contributed by atoms with Crippen LogP contribution in [0.1, 0.15) is 43.5 Å². The maximum Gasteiger partial charge on any atom is 0.325 e. The minimum absolute atomic E-state index is 0.0338. The predicted octanol–water partition coefficient (Wildman–Crippen LogP) is 1.94. The van der Waals surface area contributed by atoms with Gasteiger partial charge in [-0.15, -0.1) is 11.3 Å². The van der Waals surface area contributed by atoms with Crippen molar-refractivity contribution in [2.75, 3.05) is 13.7 Å². The Morgan fingerprint density at radius 1 is 1.57 bits per heavy atom. The van der Waals surface area contributed by atoms with Crippen molar-refractivity contribution in [1.29, 1.82) is 0 Å². The van der Waals surface area contributed by atoms with Crippen LogP contribution in [-0.2, 0) is 21.5 Å². The lowest BCUT2D eigenvalue weighted by atomic mass is 9.98. The van der Waals surface area contributed by atoms with E-state index in [0.717, 1.165) is 22.9 Å². The summed E-state index contributed by atoms with van der Waals surface area (Å²) in [5, 5.41) is 11.2. The number of hydrogen-bond acceptors (Lipinski definition) is 6. The molecule has 0 bridgehead atoms. The zero-order valence-corrected chi connectivity index (χ0v) is 13.9. The summed E-state index contributed by atoms with van der Waals surface area (Å²) >= 11 is 1.67. The van der Waals surface area contributed by atoms with Gasteiger partial charge in [0.15, 0.2) is 0 Å². The van der Waals surface area contributed by atoms with E-state index in [9.17, 15) is 9.90 Å². The number of methoxy groups -OCH3 is 1. The lowest BCUT2D eigenvalue weighted by molar-refractivity contribution is -0.154. The van der Waals surface area contributed by atoms with E-state index in [1.54, 1.807) is 11.3 Å². The van der Waals surface area contributed by atoms with Crippen molar-refractivity contribution < 1.29 is 14.6 Å². The Bertz CT molecular complexity index is 495. The van der Waals surface area contributed by atoms with Crippen molar-refractivity contribution in [3.05, 3.63) is 16.1 Å². The van der Waals surface area contributed by atoms with Crippen LogP contribution in [0.2, 0.25) is 0 Å². The molecule has 0 radical (unpaired) electrons. The number of rotatable bonds is 3. The number of aliphatic hydroxyl groups is 1. The van der Waals surface area contributed by atoms with E-state index in [2.05, 4.69) is 25.8 Å². The van der Waals surface area contributed by atoms with E-state index in [0.29, 0.717) is 13.0 Å². The van der Waals surface area contributed by atoms with Gasteiger partial charge in [-0.25, -0.2) is 4.98 Å². The Morgan fingerprint density at radius 3 is 2.86 bits per heavy atom. The van der Waals surface area contributed by atoms with Crippen LogP contribution in [0.5, 0.6) is 0 Å². The number of ether oxygens (including phenoxy) is 1. The van der Waals surface area contributed by atoms with Gasteiger partial charge in [0.2, 0.25) is 0 Å². The molecule has 21 heavy (non-hydrogen) atoms. The molecule has 1 fully saturated rings. The van der Waals surface area contributed by atoms with Crippen LogP contribution >= 0.6 is 11.3 Å². The SMILES string of the molecule is COC(=O)[C@@H]1[C@@H](O)CCCN1Cc1cnc(C(C)(C)C)s1. The highest BCUT2D eigenvalue weighted by Crippen LogP contribution is 2.29. The average molecular weight is 312 g/mol. The second kappa shape index (κ2) is 6.42. The number of aromatic nitrogens is 1. The lowest BCUT2D eigenvalue weighted by Crippen LogP contribution is -2.52. The molecule has 1 aromatic heterocycles. The Labute approximate surface area is 129 Å². The van der Waals surface area contributed by atoms with Gasteiger partial charge in [0, 0.05) is 23.0 Å². The highest BCUT2D eigenvalue weighted by Gasteiger charge is 2.36. The molecule has 1 aliphatic rings. The number of nitrogens with zero attached hydrogens (tertiary/aromatic N) is 2. The van der Waals surface area contributed by atoms with Crippen molar-refractivity contribution in [2.24, 2.45) is 0 Å². The first-order valence-electron chi connectivity index (χ1n) is 7.28. The third kappa shape index (κ3) is 3.81. The first-order valence-corrected chi connectivity index (χ1v) is 8.09. The van der Waals surface area contributed by atoms with Crippen molar-refractivity contribution in [2.45, 2.75) is 57.7 Å². The second-order valence-electron chi connectivity index (χ2n) is 6.53. The van der Waals surface area contributed by atoms with Crippen molar-refractivity contribution in [3.8, 4) is 0 Å². The first-order chi connectivity index (χ1) is 9.82. The van der Waals surface area contributed by atoms with Gasteiger partial charge in [-0.2, -0.15) is 0 Å². The number of piperidine rings is 1. The van der Waals surface area contributed by atoms with Crippen molar-refractivity contribution in [3.63, 3.8) is 0 Å². The van der Waals surface area contributed by atoms with Crippen molar-refractivity contribution in [1.82, 2.24) is 9.88 Å². The molecule has 2 heterocycles. The van der Waals surface area contributed by atoms with Crippen LogP contribution < -0.4 is 0 Å². The number of carbonyl (C=O) groups is 1. The first kappa shape index (κ1) is 16.4. The molecule has 1 aliphatic heterocycles. The smallest absolute Gasteiger partial charge is 0.325 e. The molecule has 118 valence electrons. The van der Waals surface area contributed by atoms with E-state index < -0.39 is 12.1 Å². The Balaban J connectivity index is 2.12. The number of hydrogen-bond donors (Lipinski definition) is 1. The molecular formula is C15H24N2O3S.